The molecule has 2 rings (SSSR count). The van der Waals surface area contributed by atoms with Gasteiger partial charge in [0.15, 0.2) is 5.54 Å². The molecule has 0 aliphatic heterocycles. The summed E-state index contributed by atoms with van der Waals surface area (Å²) in [6.45, 7) is 7.21. The van der Waals surface area contributed by atoms with Gasteiger partial charge in [0.2, 0.25) is 0 Å². The highest BCUT2D eigenvalue weighted by molar-refractivity contribution is 5.90. The number of rotatable bonds is 8. The maximum Gasteiger partial charge on any atom is 0.426 e. The van der Waals surface area contributed by atoms with E-state index in [2.05, 4.69) is 10.7 Å². The Labute approximate surface area is 210 Å². The summed E-state index contributed by atoms with van der Waals surface area (Å²) >= 11 is 0. The number of esters is 1. The number of nitrogens with one attached hydrogen (secondary N) is 2. The molecule has 0 radical (unpaired) electrons. The Morgan fingerprint density at radius 2 is 1.25 bits per heavy atom. The van der Waals surface area contributed by atoms with Gasteiger partial charge >= 0.3 is 18.2 Å². The van der Waals surface area contributed by atoms with Crippen LogP contribution in [0.5, 0.6) is 0 Å². The standard InChI is InChI=1S/C26H33N3O7/c1-25(2,3)36-24(33)28-29(26(4,5)22(31)34-17-19-12-8-6-9-13-19)21(30)16-27-23(32)35-18-20-14-10-7-11-15-20/h6-15H,16-18H2,1-5H3,(H,27,32)(H,28,33). The number of hydrazine groups is 1. The number of benzene rings is 2. The van der Waals surface area contributed by atoms with Gasteiger partial charge in [0, 0.05) is 0 Å². The van der Waals surface area contributed by atoms with E-state index in [1.165, 1.54) is 13.8 Å². The topological polar surface area (TPSA) is 123 Å². The fourth-order valence-electron chi connectivity index (χ4n) is 2.90. The van der Waals surface area contributed by atoms with Crippen LogP contribution in [0.15, 0.2) is 60.7 Å². The highest BCUT2D eigenvalue weighted by Crippen LogP contribution is 2.17. The largest absolute Gasteiger partial charge is 0.459 e. The van der Waals surface area contributed by atoms with Gasteiger partial charge in [-0.05, 0) is 45.7 Å². The molecular weight excluding hydrogens is 466 g/mol. The van der Waals surface area contributed by atoms with Crippen LogP contribution in [-0.2, 0) is 37.0 Å². The number of amides is 3. The molecule has 3 amide bonds. The first-order valence-corrected chi connectivity index (χ1v) is 11.4. The lowest BCUT2D eigenvalue weighted by Gasteiger charge is -2.36. The van der Waals surface area contributed by atoms with Crippen LogP contribution in [0.1, 0.15) is 45.7 Å². The first-order valence-electron chi connectivity index (χ1n) is 11.4. The van der Waals surface area contributed by atoms with Crippen molar-refractivity contribution in [2.45, 2.75) is 59.0 Å². The lowest BCUT2D eigenvalue weighted by atomic mass is 10.0. The first-order chi connectivity index (χ1) is 16.9. The second kappa shape index (κ2) is 12.6. The molecule has 36 heavy (non-hydrogen) atoms. The fraction of sp³-hybridized carbons (Fsp3) is 0.385. The fourth-order valence-corrected chi connectivity index (χ4v) is 2.90. The molecule has 10 heteroatoms. The van der Waals surface area contributed by atoms with Gasteiger partial charge in [-0.15, -0.1) is 0 Å². The third kappa shape index (κ3) is 9.28. The van der Waals surface area contributed by atoms with E-state index in [0.29, 0.717) is 0 Å². The second-order valence-electron chi connectivity index (χ2n) is 9.38. The predicted octanol–water partition coefficient (Wildman–Crippen LogP) is 3.70. The molecule has 0 atom stereocenters. The third-order valence-electron chi connectivity index (χ3n) is 4.72. The van der Waals surface area contributed by atoms with Crippen LogP contribution in [0.4, 0.5) is 9.59 Å². The molecule has 0 fully saturated rings. The Balaban J connectivity index is 2.06. The van der Waals surface area contributed by atoms with Crippen molar-refractivity contribution in [3.63, 3.8) is 0 Å². The predicted molar refractivity (Wildman–Crippen MR) is 131 cm³/mol. The number of ether oxygens (including phenoxy) is 3. The van der Waals surface area contributed by atoms with Crippen molar-refractivity contribution in [3.8, 4) is 0 Å². The van der Waals surface area contributed by atoms with Crippen molar-refractivity contribution in [2.75, 3.05) is 6.54 Å². The van der Waals surface area contributed by atoms with Gasteiger partial charge in [0.1, 0.15) is 25.4 Å². The first kappa shape index (κ1) is 28.2. The van der Waals surface area contributed by atoms with E-state index in [1.807, 2.05) is 12.1 Å². The second-order valence-corrected chi connectivity index (χ2v) is 9.38. The molecule has 0 aliphatic rings. The number of carbonyl (C=O) groups is 4. The molecule has 2 N–H and O–H groups in total. The SMILES string of the molecule is CC(C)(C)OC(=O)NN(C(=O)CNC(=O)OCc1ccccc1)C(C)(C)C(=O)OCc1ccccc1. The molecule has 0 heterocycles. The van der Waals surface area contributed by atoms with Gasteiger partial charge in [-0.25, -0.2) is 24.8 Å². The van der Waals surface area contributed by atoms with Crippen LogP contribution in [0.3, 0.4) is 0 Å². The van der Waals surface area contributed by atoms with E-state index < -0.39 is 41.7 Å². The zero-order valence-corrected chi connectivity index (χ0v) is 21.2. The molecule has 2 aromatic carbocycles. The van der Waals surface area contributed by atoms with Crippen LogP contribution in [0.25, 0.3) is 0 Å². The number of alkyl carbamates (subject to hydrolysis) is 1. The van der Waals surface area contributed by atoms with Crippen molar-refractivity contribution in [2.24, 2.45) is 0 Å². The van der Waals surface area contributed by atoms with Crippen molar-refractivity contribution in [1.82, 2.24) is 15.8 Å². The number of hydrogen-bond acceptors (Lipinski definition) is 7. The van der Waals surface area contributed by atoms with E-state index in [4.69, 9.17) is 14.2 Å². The summed E-state index contributed by atoms with van der Waals surface area (Å²) in [5, 5.41) is 3.11. The summed E-state index contributed by atoms with van der Waals surface area (Å²) in [5.41, 5.74) is 1.34. The highest BCUT2D eigenvalue weighted by atomic mass is 16.6. The van der Waals surface area contributed by atoms with Gasteiger partial charge < -0.3 is 19.5 Å². The van der Waals surface area contributed by atoms with Gasteiger partial charge in [-0.3, -0.25) is 4.79 Å². The van der Waals surface area contributed by atoms with Gasteiger partial charge in [0.05, 0.1) is 0 Å². The molecule has 0 saturated heterocycles. The van der Waals surface area contributed by atoms with E-state index in [0.717, 1.165) is 16.1 Å². The third-order valence-corrected chi connectivity index (χ3v) is 4.72. The molecule has 0 unspecified atom stereocenters. The average Bonchev–Trinajstić information content (AvgIpc) is 2.83. The van der Waals surface area contributed by atoms with Crippen LogP contribution in [0.2, 0.25) is 0 Å². The van der Waals surface area contributed by atoms with E-state index >= 15 is 0 Å². The minimum Gasteiger partial charge on any atom is -0.459 e. The average molecular weight is 500 g/mol. The van der Waals surface area contributed by atoms with Gasteiger partial charge in [0.25, 0.3) is 5.91 Å². The molecule has 0 bridgehead atoms. The van der Waals surface area contributed by atoms with Gasteiger partial charge in [-0.2, -0.15) is 0 Å². The van der Waals surface area contributed by atoms with Crippen LogP contribution < -0.4 is 10.7 Å². The smallest absolute Gasteiger partial charge is 0.426 e. The van der Waals surface area contributed by atoms with Crippen LogP contribution in [0, 0.1) is 0 Å². The summed E-state index contributed by atoms with van der Waals surface area (Å²) in [6.07, 6.45) is -1.79. The number of carbonyl (C=O) groups excluding carboxylic acids is 4. The molecule has 0 aliphatic carbocycles. The highest BCUT2D eigenvalue weighted by Gasteiger charge is 2.41. The monoisotopic (exact) mass is 499 g/mol. The van der Waals surface area contributed by atoms with Gasteiger partial charge in [-0.1, -0.05) is 60.7 Å². The molecule has 0 saturated carbocycles. The molecule has 2 aromatic rings. The van der Waals surface area contributed by atoms with E-state index in [9.17, 15) is 19.2 Å². The molecular formula is C26H33N3O7. The Morgan fingerprint density at radius 1 is 0.750 bits per heavy atom. The van der Waals surface area contributed by atoms with Crippen molar-refractivity contribution in [3.05, 3.63) is 71.8 Å². The number of nitrogens with zero attached hydrogens (tertiary/aromatic N) is 1. The van der Waals surface area contributed by atoms with E-state index in [-0.39, 0.29) is 13.2 Å². The quantitative estimate of drug-likeness (QED) is 0.322. The molecule has 0 spiro atoms. The summed E-state index contributed by atoms with van der Waals surface area (Å²) in [5.74, 6) is -1.57. The summed E-state index contributed by atoms with van der Waals surface area (Å²) in [4.78, 5) is 50.5. The lowest BCUT2D eigenvalue weighted by molar-refractivity contribution is -0.166. The Hall–Kier alpha value is -4.08. The summed E-state index contributed by atoms with van der Waals surface area (Å²) < 4.78 is 15.7. The minimum atomic E-state index is -1.64. The van der Waals surface area contributed by atoms with Crippen LogP contribution >= 0.6 is 0 Å². The molecule has 10 nitrogen and oxygen atoms in total. The lowest BCUT2D eigenvalue weighted by Crippen LogP contribution is -2.63. The Morgan fingerprint density at radius 3 is 1.75 bits per heavy atom. The van der Waals surface area contributed by atoms with Crippen molar-refractivity contribution in [1.29, 1.82) is 0 Å². The molecule has 0 aromatic heterocycles. The summed E-state index contributed by atoms with van der Waals surface area (Å²) in [6, 6.07) is 18.0. The van der Waals surface area contributed by atoms with Crippen LogP contribution in [-0.4, -0.2) is 46.8 Å². The Bertz CT molecular complexity index is 1030. The maximum atomic E-state index is 13.0. The number of hydrogen-bond donors (Lipinski definition) is 2. The van der Waals surface area contributed by atoms with E-state index in [1.54, 1.807) is 69.3 Å². The van der Waals surface area contributed by atoms with Crippen molar-refractivity contribution >= 4 is 24.1 Å². The van der Waals surface area contributed by atoms with Crippen molar-refractivity contribution < 1.29 is 33.4 Å². The zero-order valence-electron chi connectivity index (χ0n) is 21.2. The molecule has 194 valence electrons. The zero-order chi connectivity index (χ0) is 26.8. The summed E-state index contributed by atoms with van der Waals surface area (Å²) in [7, 11) is 0. The minimum absolute atomic E-state index is 0.0119. The normalized spacial score (nSPS) is 11.1. The maximum absolute atomic E-state index is 13.0. The Kier molecular flexibility index (Phi) is 9.83.